The number of aromatic nitrogens is 2. The van der Waals surface area contributed by atoms with Gasteiger partial charge >= 0.3 is 5.97 Å². The fraction of sp³-hybridized carbons (Fsp3) is 0.583. The van der Waals surface area contributed by atoms with Gasteiger partial charge in [0.05, 0.1) is 13.7 Å². The zero-order valence-electron chi connectivity index (χ0n) is 11.0. The molecule has 7 nitrogen and oxygen atoms in total. The maximum atomic E-state index is 11.4. The highest BCUT2D eigenvalue weighted by atomic mass is 16.5. The molecule has 104 valence electrons. The van der Waals surface area contributed by atoms with Crippen molar-refractivity contribution in [2.45, 2.75) is 13.0 Å². The molecule has 1 aliphatic heterocycles. The van der Waals surface area contributed by atoms with E-state index in [4.69, 9.17) is 9.47 Å². The molecule has 1 atom stereocenters. The largest absolute Gasteiger partial charge is 0.475 e. The number of hydrogen-bond acceptors (Lipinski definition) is 7. The number of nitrogens with zero attached hydrogens (tertiary/aromatic N) is 2. The molecule has 7 heteroatoms. The van der Waals surface area contributed by atoms with Crippen molar-refractivity contribution in [1.29, 1.82) is 0 Å². The van der Waals surface area contributed by atoms with Gasteiger partial charge in [0.1, 0.15) is 12.7 Å². The number of aryl methyl sites for hydroxylation is 1. The molecule has 19 heavy (non-hydrogen) atoms. The van der Waals surface area contributed by atoms with Gasteiger partial charge in [-0.05, 0) is 6.92 Å². The minimum absolute atomic E-state index is 0.000174. The minimum Gasteiger partial charge on any atom is -0.475 e. The van der Waals surface area contributed by atoms with E-state index in [1.807, 2.05) is 0 Å². The standard InChI is InChI=1S/C12H17N3O4/c1-8-5-10(15-11(14-8)12(16)17-2)19-7-9-6-13-3-4-18-9/h5,9,13H,3-4,6-7H2,1-2H3. The Morgan fingerprint density at radius 2 is 2.42 bits per heavy atom. The van der Waals surface area contributed by atoms with Crippen LogP contribution in [0, 0.1) is 6.92 Å². The third-order valence-electron chi connectivity index (χ3n) is 2.62. The van der Waals surface area contributed by atoms with Crippen LogP contribution in [0.1, 0.15) is 16.3 Å². The maximum absolute atomic E-state index is 11.4. The van der Waals surface area contributed by atoms with Gasteiger partial charge in [0.25, 0.3) is 0 Å². The van der Waals surface area contributed by atoms with E-state index in [0.29, 0.717) is 24.8 Å². The molecule has 2 heterocycles. The van der Waals surface area contributed by atoms with Crippen molar-refractivity contribution in [3.63, 3.8) is 0 Å². The molecule has 0 aliphatic carbocycles. The van der Waals surface area contributed by atoms with Crippen LogP contribution in [0.4, 0.5) is 0 Å². The number of esters is 1. The lowest BCUT2D eigenvalue weighted by Crippen LogP contribution is -2.41. The Labute approximate surface area is 111 Å². The highest BCUT2D eigenvalue weighted by Gasteiger charge is 2.16. The summed E-state index contributed by atoms with van der Waals surface area (Å²) in [5.74, 6) is -0.230. The Hall–Kier alpha value is -1.73. The van der Waals surface area contributed by atoms with Crippen LogP contribution in [0.25, 0.3) is 0 Å². The summed E-state index contributed by atoms with van der Waals surface area (Å²) in [7, 11) is 1.29. The van der Waals surface area contributed by atoms with Crippen molar-refractivity contribution < 1.29 is 19.0 Å². The number of nitrogens with one attached hydrogen (secondary N) is 1. The molecule has 1 aromatic rings. The van der Waals surface area contributed by atoms with E-state index in [1.54, 1.807) is 13.0 Å². The summed E-state index contributed by atoms with van der Waals surface area (Å²) in [5.41, 5.74) is 0.646. The first-order valence-electron chi connectivity index (χ1n) is 6.08. The molecule has 0 saturated carbocycles. The van der Waals surface area contributed by atoms with Crippen molar-refractivity contribution in [3.8, 4) is 5.88 Å². The van der Waals surface area contributed by atoms with Crippen LogP contribution >= 0.6 is 0 Å². The molecule has 1 aromatic heterocycles. The van der Waals surface area contributed by atoms with Gasteiger partial charge in [0.2, 0.25) is 11.7 Å². The van der Waals surface area contributed by atoms with Crippen LogP contribution in [-0.4, -0.2) is 55.5 Å². The van der Waals surface area contributed by atoms with Crippen molar-refractivity contribution >= 4 is 5.97 Å². The van der Waals surface area contributed by atoms with E-state index < -0.39 is 5.97 Å². The second-order valence-electron chi connectivity index (χ2n) is 4.17. The highest BCUT2D eigenvalue weighted by molar-refractivity contribution is 5.85. The van der Waals surface area contributed by atoms with Crippen LogP contribution in [-0.2, 0) is 9.47 Å². The first-order valence-corrected chi connectivity index (χ1v) is 6.08. The predicted octanol–water partition coefficient (Wildman–Crippen LogP) is -0.0612. The number of rotatable bonds is 4. The fourth-order valence-electron chi connectivity index (χ4n) is 1.70. The predicted molar refractivity (Wildman–Crippen MR) is 66.2 cm³/mol. The Bertz CT molecular complexity index is 447. The second kappa shape index (κ2) is 6.44. The van der Waals surface area contributed by atoms with Gasteiger partial charge in [-0.25, -0.2) is 9.78 Å². The van der Waals surface area contributed by atoms with E-state index in [1.165, 1.54) is 7.11 Å². The molecule has 2 rings (SSSR count). The molecule has 1 aliphatic rings. The smallest absolute Gasteiger partial charge is 0.376 e. The molecular formula is C12H17N3O4. The summed E-state index contributed by atoms with van der Waals surface area (Å²) in [5, 5.41) is 3.21. The molecule has 1 saturated heterocycles. The van der Waals surface area contributed by atoms with Crippen molar-refractivity contribution in [2.24, 2.45) is 0 Å². The van der Waals surface area contributed by atoms with E-state index in [2.05, 4.69) is 20.0 Å². The summed E-state index contributed by atoms with van der Waals surface area (Å²) in [6, 6.07) is 1.67. The monoisotopic (exact) mass is 267 g/mol. The molecular weight excluding hydrogens is 250 g/mol. The molecule has 1 N–H and O–H groups in total. The van der Waals surface area contributed by atoms with Crippen LogP contribution in [0.2, 0.25) is 0 Å². The van der Waals surface area contributed by atoms with Crippen molar-refractivity contribution in [1.82, 2.24) is 15.3 Å². The maximum Gasteiger partial charge on any atom is 0.376 e. The molecule has 0 aromatic carbocycles. The first kappa shape index (κ1) is 13.7. The van der Waals surface area contributed by atoms with Crippen LogP contribution < -0.4 is 10.1 Å². The number of hydrogen-bond donors (Lipinski definition) is 1. The fourth-order valence-corrected chi connectivity index (χ4v) is 1.70. The lowest BCUT2D eigenvalue weighted by Gasteiger charge is -2.23. The summed E-state index contributed by atoms with van der Waals surface area (Å²) < 4.78 is 15.6. The molecule has 0 spiro atoms. The summed E-state index contributed by atoms with van der Waals surface area (Å²) in [4.78, 5) is 19.4. The van der Waals surface area contributed by atoms with Gasteiger partial charge < -0.3 is 19.5 Å². The second-order valence-corrected chi connectivity index (χ2v) is 4.17. The average Bonchev–Trinajstić information content (AvgIpc) is 2.45. The minimum atomic E-state index is -0.580. The zero-order chi connectivity index (χ0) is 13.7. The third kappa shape index (κ3) is 3.87. The zero-order valence-corrected chi connectivity index (χ0v) is 11.0. The molecule has 0 bridgehead atoms. The van der Waals surface area contributed by atoms with Crippen LogP contribution in [0.5, 0.6) is 5.88 Å². The molecule has 1 fully saturated rings. The number of carbonyl (C=O) groups excluding carboxylic acids is 1. The van der Waals surface area contributed by atoms with E-state index in [0.717, 1.165) is 13.1 Å². The average molecular weight is 267 g/mol. The van der Waals surface area contributed by atoms with Crippen LogP contribution in [0.15, 0.2) is 6.07 Å². The van der Waals surface area contributed by atoms with Gasteiger partial charge in [-0.3, -0.25) is 0 Å². The Kier molecular flexibility index (Phi) is 4.64. The summed E-state index contributed by atoms with van der Waals surface area (Å²) >= 11 is 0. The van der Waals surface area contributed by atoms with Gasteiger partial charge in [0, 0.05) is 24.8 Å². The summed E-state index contributed by atoms with van der Waals surface area (Å²) in [6.45, 7) is 4.41. The number of ether oxygens (including phenoxy) is 3. The lowest BCUT2D eigenvalue weighted by molar-refractivity contribution is -0.000859. The SMILES string of the molecule is COC(=O)c1nc(C)cc(OCC2CNCCO2)n1. The highest BCUT2D eigenvalue weighted by Crippen LogP contribution is 2.10. The van der Waals surface area contributed by atoms with E-state index in [-0.39, 0.29) is 11.9 Å². The lowest BCUT2D eigenvalue weighted by atomic mass is 10.3. The Morgan fingerprint density at radius 3 is 3.11 bits per heavy atom. The van der Waals surface area contributed by atoms with Gasteiger partial charge in [-0.1, -0.05) is 0 Å². The van der Waals surface area contributed by atoms with Crippen LogP contribution in [0.3, 0.4) is 0 Å². The normalized spacial score (nSPS) is 18.9. The van der Waals surface area contributed by atoms with E-state index >= 15 is 0 Å². The number of methoxy groups -OCH3 is 1. The van der Waals surface area contributed by atoms with E-state index in [9.17, 15) is 4.79 Å². The van der Waals surface area contributed by atoms with Gasteiger partial charge in [-0.2, -0.15) is 4.98 Å². The Balaban J connectivity index is 1.99. The van der Waals surface area contributed by atoms with Crippen molar-refractivity contribution in [3.05, 3.63) is 17.6 Å². The number of carbonyl (C=O) groups is 1. The number of morpholine rings is 1. The summed E-state index contributed by atoms with van der Waals surface area (Å²) in [6.07, 6.45) is -0.00871. The van der Waals surface area contributed by atoms with Crippen molar-refractivity contribution in [2.75, 3.05) is 33.4 Å². The molecule has 1 unspecified atom stereocenters. The van der Waals surface area contributed by atoms with Gasteiger partial charge in [0.15, 0.2) is 0 Å². The molecule has 0 amide bonds. The Morgan fingerprint density at radius 1 is 1.58 bits per heavy atom. The quantitative estimate of drug-likeness (QED) is 0.765. The van der Waals surface area contributed by atoms with Gasteiger partial charge in [-0.15, -0.1) is 0 Å². The molecule has 0 radical (unpaired) electrons. The third-order valence-corrected chi connectivity index (χ3v) is 2.62. The topological polar surface area (TPSA) is 82.6 Å². The first-order chi connectivity index (χ1) is 9.19.